The molecule has 2 rings (SSSR count). The Kier molecular flexibility index (Phi) is 5.28. The van der Waals surface area contributed by atoms with Gasteiger partial charge in [0.15, 0.2) is 0 Å². The summed E-state index contributed by atoms with van der Waals surface area (Å²) in [6, 6.07) is 3.38. The van der Waals surface area contributed by atoms with Crippen LogP contribution in [0, 0.1) is 11.6 Å². The maximum absolute atomic E-state index is 13.8. The van der Waals surface area contributed by atoms with E-state index in [1.54, 1.807) is 0 Å². The predicted octanol–water partition coefficient (Wildman–Crippen LogP) is 3.27. The lowest BCUT2D eigenvalue weighted by Crippen LogP contribution is -2.09. The Balaban J connectivity index is 2.47. The fourth-order valence-electron chi connectivity index (χ4n) is 1.87. The first-order chi connectivity index (χ1) is 11.0. The van der Waals surface area contributed by atoms with Gasteiger partial charge in [-0.25, -0.2) is 13.6 Å². The van der Waals surface area contributed by atoms with Crippen molar-refractivity contribution in [2.45, 2.75) is 6.42 Å². The number of para-hydroxylation sites is 1. The molecule has 0 spiro atoms. The minimum Gasteiger partial charge on any atom is -0.469 e. The van der Waals surface area contributed by atoms with E-state index in [1.807, 2.05) is 0 Å². The van der Waals surface area contributed by atoms with Gasteiger partial charge < -0.3 is 14.8 Å². The third-order valence-corrected chi connectivity index (χ3v) is 4.02. The van der Waals surface area contributed by atoms with Gasteiger partial charge in [0, 0.05) is 0 Å². The summed E-state index contributed by atoms with van der Waals surface area (Å²) in [6.07, 6.45) is -0.150. The number of hydrogen-bond donors (Lipinski definition) is 1. The standard InChI is InChI=1S/C15H13F2NO4S/c1-21-11(19)6-8-7-23-14(15(20)22-2)12(8)18-13-9(16)4-3-5-10(13)17/h3-5,7,18H,6H2,1-2H3. The maximum Gasteiger partial charge on any atom is 0.350 e. The minimum atomic E-state index is -0.823. The molecule has 1 heterocycles. The maximum atomic E-state index is 13.8. The van der Waals surface area contributed by atoms with Crippen molar-refractivity contribution in [2.75, 3.05) is 19.5 Å². The number of methoxy groups -OCH3 is 2. The molecule has 1 aromatic carbocycles. The van der Waals surface area contributed by atoms with E-state index < -0.39 is 29.3 Å². The van der Waals surface area contributed by atoms with E-state index in [-0.39, 0.29) is 17.0 Å². The predicted molar refractivity (Wildman–Crippen MR) is 81.0 cm³/mol. The van der Waals surface area contributed by atoms with E-state index in [1.165, 1.54) is 25.7 Å². The molecule has 0 unspecified atom stereocenters. The third kappa shape index (κ3) is 3.65. The second-order valence-corrected chi connectivity index (χ2v) is 5.31. The van der Waals surface area contributed by atoms with Gasteiger partial charge in [0.2, 0.25) is 0 Å². The van der Waals surface area contributed by atoms with E-state index in [0.717, 1.165) is 23.5 Å². The van der Waals surface area contributed by atoms with Gasteiger partial charge in [-0.1, -0.05) is 6.07 Å². The molecule has 0 atom stereocenters. The molecule has 0 amide bonds. The van der Waals surface area contributed by atoms with E-state index >= 15 is 0 Å². The van der Waals surface area contributed by atoms with Gasteiger partial charge in [-0.2, -0.15) is 0 Å². The summed E-state index contributed by atoms with van der Waals surface area (Å²) in [5.41, 5.74) is 0.0864. The van der Waals surface area contributed by atoms with Crippen LogP contribution < -0.4 is 5.32 Å². The first-order valence-corrected chi connectivity index (χ1v) is 7.32. The Morgan fingerprint density at radius 3 is 2.35 bits per heavy atom. The lowest BCUT2D eigenvalue weighted by Gasteiger charge is -2.11. The number of carbonyl (C=O) groups excluding carboxylic acids is 2. The van der Waals surface area contributed by atoms with Gasteiger partial charge in [-0.05, 0) is 23.1 Å². The molecule has 0 saturated heterocycles. The van der Waals surface area contributed by atoms with Crippen molar-refractivity contribution >= 4 is 34.7 Å². The summed E-state index contributed by atoms with van der Waals surface area (Å²) in [6.45, 7) is 0. The average Bonchev–Trinajstić information content (AvgIpc) is 2.92. The molecule has 8 heteroatoms. The molecule has 23 heavy (non-hydrogen) atoms. The van der Waals surface area contributed by atoms with Crippen LogP contribution in [0.15, 0.2) is 23.6 Å². The number of nitrogens with one attached hydrogen (secondary N) is 1. The van der Waals surface area contributed by atoms with Crippen LogP contribution in [0.4, 0.5) is 20.2 Å². The number of rotatable bonds is 5. The van der Waals surface area contributed by atoms with Crippen molar-refractivity contribution in [1.29, 1.82) is 0 Å². The molecule has 5 nitrogen and oxygen atoms in total. The number of esters is 2. The van der Waals surface area contributed by atoms with Crippen LogP contribution in [0.1, 0.15) is 15.2 Å². The summed E-state index contributed by atoms with van der Waals surface area (Å²) in [4.78, 5) is 23.4. The number of carbonyl (C=O) groups is 2. The highest BCUT2D eigenvalue weighted by atomic mass is 32.1. The number of anilines is 2. The van der Waals surface area contributed by atoms with Gasteiger partial charge in [0.05, 0.1) is 26.3 Å². The first-order valence-electron chi connectivity index (χ1n) is 6.44. The third-order valence-electron chi connectivity index (χ3n) is 3.01. The summed E-state index contributed by atoms with van der Waals surface area (Å²) in [7, 11) is 2.41. The summed E-state index contributed by atoms with van der Waals surface area (Å²) >= 11 is 1.00. The lowest BCUT2D eigenvalue weighted by atomic mass is 10.1. The molecule has 1 N–H and O–H groups in total. The van der Waals surface area contributed by atoms with E-state index in [4.69, 9.17) is 0 Å². The fraction of sp³-hybridized carbons (Fsp3) is 0.200. The average molecular weight is 341 g/mol. The van der Waals surface area contributed by atoms with Crippen molar-refractivity contribution in [1.82, 2.24) is 0 Å². The van der Waals surface area contributed by atoms with Crippen molar-refractivity contribution in [3.63, 3.8) is 0 Å². The Hall–Kier alpha value is -2.48. The zero-order valence-electron chi connectivity index (χ0n) is 12.3. The molecular formula is C15H13F2NO4S. The van der Waals surface area contributed by atoms with Gasteiger partial charge in [0.1, 0.15) is 22.2 Å². The summed E-state index contributed by atoms with van der Waals surface area (Å²) in [5.74, 6) is -2.87. The Morgan fingerprint density at radius 1 is 1.13 bits per heavy atom. The van der Waals surface area contributed by atoms with Gasteiger partial charge >= 0.3 is 11.9 Å². The number of ether oxygens (including phenoxy) is 2. The van der Waals surface area contributed by atoms with Crippen LogP contribution in [-0.4, -0.2) is 26.2 Å². The SMILES string of the molecule is COC(=O)Cc1csc(C(=O)OC)c1Nc1c(F)cccc1F. The molecule has 1 aromatic heterocycles. The van der Waals surface area contributed by atoms with Crippen LogP contribution in [0.25, 0.3) is 0 Å². The molecule has 0 aliphatic rings. The number of halogens is 2. The van der Waals surface area contributed by atoms with Crippen LogP contribution in [0.5, 0.6) is 0 Å². The van der Waals surface area contributed by atoms with Gasteiger partial charge in [-0.15, -0.1) is 11.3 Å². The molecule has 0 fully saturated rings. The highest BCUT2D eigenvalue weighted by Gasteiger charge is 2.22. The smallest absolute Gasteiger partial charge is 0.350 e. The van der Waals surface area contributed by atoms with Crippen LogP contribution in [-0.2, 0) is 20.7 Å². The second-order valence-electron chi connectivity index (χ2n) is 4.43. The quantitative estimate of drug-likeness (QED) is 0.846. The Morgan fingerprint density at radius 2 is 1.78 bits per heavy atom. The van der Waals surface area contributed by atoms with Crippen molar-refractivity contribution in [3.8, 4) is 0 Å². The van der Waals surface area contributed by atoms with Crippen LogP contribution in [0.3, 0.4) is 0 Å². The van der Waals surface area contributed by atoms with Gasteiger partial charge in [-0.3, -0.25) is 4.79 Å². The highest BCUT2D eigenvalue weighted by molar-refractivity contribution is 7.12. The van der Waals surface area contributed by atoms with Crippen molar-refractivity contribution in [3.05, 3.63) is 45.7 Å². The molecule has 122 valence electrons. The lowest BCUT2D eigenvalue weighted by molar-refractivity contribution is -0.139. The molecule has 0 radical (unpaired) electrons. The van der Waals surface area contributed by atoms with Crippen LogP contribution in [0.2, 0.25) is 0 Å². The summed E-state index contributed by atoms with van der Waals surface area (Å²) in [5, 5.41) is 4.09. The monoisotopic (exact) mass is 341 g/mol. The van der Waals surface area contributed by atoms with E-state index in [9.17, 15) is 18.4 Å². The van der Waals surface area contributed by atoms with E-state index in [0.29, 0.717) is 5.56 Å². The van der Waals surface area contributed by atoms with Crippen molar-refractivity contribution in [2.24, 2.45) is 0 Å². The molecule has 0 bridgehead atoms. The number of hydrogen-bond acceptors (Lipinski definition) is 6. The highest BCUT2D eigenvalue weighted by Crippen LogP contribution is 2.34. The zero-order valence-corrected chi connectivity index (χ0v) is 13.1. The zero-order chi connectivity index (χ0) is 17.0. The summed E-state index contributed by atoms with van der Waals surface area (Å²) < 4.78 is 36.8. The normalized spacial score (nSPS) is 10.3. The molecule has 0 saturated carbocycles. The Bertz CT molecular complexity index is 725. The minimum absolute atomic E-state index is 0.106. The first kappa shape index (κ1) is 16.9. The number of thiophene rings is 1. The molecule has 0 aliphatic carbocycles. The molecular weight excluding hydrogens is 328 g/mol. The largest absolute Gasteiger partial charge is 0.469 e. The molecule has 2 aromatic rings. The molecule has 0 aliphatic heterocycles. The number of benzene rings is 1. The Labute approximate surface area is 134 Å². The topological polar surface area (TPSA) is 64.6 Å². The fourth-order valence-corrected chi connectivity index (χ4v) is 2.81. The van der Waals surface area contributed by atoms with E-state index in [2.05, 4.69) is 14.8 Å². The van der Waals surface area contributed by atoms with Crippen LogP contribution >= 0.6 is 11.3 Å². The van der Waals surface area contributed by atoms with Crippen molar-refractivity contribution < 1.29 is 27.8 Å². The second kappa shape index (κ2) is 7.19. The van der Waals surface area contributed by atoms with Gasteiger partial charge in [0.25, 0.3) is 0 Å².